The molecule has 5 heteroatoms. The Balaban J connectivity index is 1.31. The van der Waals surface area contributed by atoms with Crippen molar-refractivity contribution >= 4 is 71.6 Å². The number of aromatic nitrogens is 4. The molecule has 0 atom stereocenters. The van der Waals surface area contributed by atoms with Gasteiger partial charge in [-0.3, -0.25) is 8.97 Å². The van der Waals surface area contributed by atoms with Gasteiger partial charge in [0.05, 0.1) is 44.2 Å². The van der Waals surface area contributed by atoms with Gasteiger partial charge >= 0.3 is 0 Å². The maximum atomic E-state index is 6.26. The van der Waals surface area contributed by atoms with Gasteiger partial charge in [-0.1, -0.05) is 66.7 Å². The number of nitrogens with zero attached hydrogens (tertiary/aromatic N) is 4. The molecule has 0 bridgehead atoms. The van der Waals surface area contributed by atoms with Crippen LogP contribution in [0.3, 0.4) is 0 Å². The molecular formula is C37H22N4O. The third kappa shape index (κ3) is 2.74. The minimum atomic E-state index is 0.892. The van der Waals surface area contributed by atoms with E-state index >= 15 is 0 Å². The summed E-state index contributed by atoms with van der Waals surface area (Å²) in [5.74, 6) is 0.912. The molecule has 0 radical (unpaired) electrons. The van der Waals surface area contributed by atoms with E-state index in [1.165, 1.54) is 10.8 Å². The molecule has 0 aliphatic rings. The van der Waals surface area contributed by atoms with Crippen LogP contribution in [0, 0.1) is 0 Å². The third-order valence-corrected chi connectivity index (χ3v) is 8.64. The summed E-state index contributed by atoms with van der Waals surface area (Å²) in [5, 5.41) is 4.65. The number of para-hydroxylation sites is 6. The lowest BCUT2D eigenvalue weighted by atomic mass is 10.1. The second kappa shape index (κ2) is 7.89. The molecule has 0 aliphatic carbocycles. The lowest BCUT2D eigenvalue weighted by Crippen LogP contribution is -1.97. The molecular weight excluding hydrogens is 516 g/mol. The van der Waals surface area contributed by atoms with Gasteiger partial charge in [0, 0.05) is 21.8 Å². The minimum absolute atomic E-state index is 0.892. The molecule has 4 heterocycles. The van der Waals surface area contributed by atoms with E-state index in [9.17, 15) is 0 Å². The Kier molecular flexibility index (Phi) is 4.12. The predicted molar refractivity (Wildman–Crippen MR) is 171 cm³/mol. The van der Waals surface area contributed by atoms with Gasteiger partial charge in [0.15, 0.2) is 0 Å². The van der Waals surface area contributed by atoms with E-state index in [2.05, 4.69) is 129 Å². The van der Waals surface area contributed by atoms with Gasteiger partial charge in [0.2, 0.25) is 5.78 Å². The molecule has 0 fully saturated rings. The van der Waals surface area contributed by atoms with Crippen molar-refractivity contribution in [3.8, 4) is 11.4 Å². The van der Waals surface area contributed by atoms with E-state index < -0.39 is 0 Å². The van der Waals surface area contributed by atoms with Crippen LogP contribution in [-0.2, 0) is 0 Å². The first kappa shape index (κ1) is 21.9. The van der Waals surface area contributed by atoms with Gasteiger partial charge in [0.25, 0.3) is 0 Å². The lowest BCUT2D eigenvalue weighted by Gasteiger charge is -2.10. The van der Waals surface area contributed by atoms with Crippen molar-refractivity contribution < 1.29 is 4.42 Å². The molecule has 42 heavy (non-hydrogen) atoms. The van der Waals surface area contributed by atoms with Crippen LogP contribution < -0.4 is 0 Å². The Hall–Kier alpha value is -5.81. The normalized spacial score (nSPS) is 12.3. The Morgan fingerprint density at radius 2 is 1.17 bits per heavy atom. The zero-order valence-electron chi connectivity index (χ0n) is 22.4. The summed E-state index contributed by atoms with van der Waals surface area (Å²) in [4.78, 5) is 5.09. The number of imidazole rings is 2. The van der Waals surface area contributed by atoms with E-state index in [4.69, 9.17) is 9.40 Å². The largest absolute Gasteiger partial charge is 0.456 e. The highest BCUT2D eigenvalue weighted by molar-refractivity contribution is 6.14. The molecule has 0 unspecified atom stereocenters. The first-order valence-corrected chi connectivity index (χ1v) is 14.2. The van der Waals surface area contributed by atoms with Crippen LogP contribution in [0.25, 0.3) is 83.0 Å². The molecule has 0 spiro atoms. The van der Waals surface area contributed by atoms with Crippen molar-refractivity contribution in [3.05, 3.63) is 133 Å². The molecule has 5 nitrogen and oxygen atoms in total. The highest BCUT2D eigenvalue weighted by atomic mass is 16.3. The summed E-state index contributed by atoms with van der Waals surface area (Å²) in [5.41, 5.74) is 10.7. The van der Waals surface area contributed by atoms with Gasteiger partial charge in [-0.2, -0.15) is 0 Å². The fourth-order valence-corrected chi connectivity index (χ4v) is 6.91. The van der Waals surface area contributed by atoms with Crippen LogP contribution in [0.15, 0.2) is 138 Å². The monoisotopic (exact) mass is 538 g/mol. The summed E-state index contributed by atoms with van der Waals surface area (Å²) in [6.45, 7) is 0. The highest BCUT2D eigenvalue weighted by Gasteiger charge is 2.20. The Labute approximate surface area is 239 Å². The summed E-state index contributed by atoms with van der Waals surface area (Å²) in [6.07, 6.45) is 0. The second-order valence-electron chi connectivity index (χ2n) is 10.9. The van der Waals surface area contributed by atoms with E-state index in [1.807, 2.05) is 18.2 Å². The zero-order chi connectivity index (χ0) is 27.4. The minimum Gasteiger partial charge on any atom is -0.456 e. The first-order valence-electron chi connectivity index (χ1n) is 14.2. The first-order chi connectivity index (χ1) is 20.8. The predicted octanol–water partition coefficient (Wildman–Crippen LogP) is 9.43. The third-order valence-electron chi connectivity index (χ3n) is 8.64. The summed E-state index contributed by atoms with van der Waals surface area (Å²) < 4.78 is 13.2. The number of hydrogen-bond donors (Lipinski definition) is 0. The smallest absolute Gasteiger partial charge is 0.220 e. The lowest BCUT2D eigenvalue weighted by molar-refractivity contribution is 0.669. The SMILES string of the molecule is c1ccc2c(c1)nc1n(-c3ccc4c(c3)c3ccccc3n4-c3cccc4oc5ccccc5c34)c3ccccc3n21. The average Bonchev–Trinajstić information content (AvgIpc) is 3.77. The van der Waals surface area contributed by atoms with Gasteiger partial charge in [-0.25, -0.2) is 4.98 Å². The van der Waals surface area contributed by atoms with Crippen molar-refractivity contribution in [3.63, 3.8) is 0 Å². The van der Waals surface area contributed by atoms with Gasteiger partial charge in [-0.15, -0.1) is 0 Å². The van der Waals surface area contributed by atoms with Gasteiger partial charge in [0.1, 0.15) is 11.2 Å². The Bertz CT molecular complexity index is 2700. The van der Waals surface area contributed by atoms with Gasteiger partial charge in [-0.05, 0) is 66.7 Å². The molecule has 0 saturated carbocycles. The number of hydrogen-bond acceptors (Lipinski definition) is 2. The van der Waals surface area contributed by atoms with Crippen molar-refractivity contribution in [2.24, 2.45) is 0 Å². The second-order valence-corrected chi connectivity index (χ2v) is 10.9. The van der Waals surface area contributed by atoms with Gasteiger partial charge < -0.3 is 8.98 Å². The maximum absolute atomic E-state index is 6.26. The summed E-state index contributed by atoms with van der Waals surface area (Å²) in [6, 6.07) is 47.0. The van der Waals surface area contributed by atoms with Crippen LogP contribution in [0.2, 0.25) is 0 Å². The number of fused-ring (bicyclic) bond motifs is 11. The summed E-state index contributed by atoms with van der Waals surface area (Å²) in [7, 11) is 0. The van der Waals surface area contributed by atoms with E-state index in [1.54, 1.807) is 0 Å². The molecule has 0 N–H and O–H groups in total. The quantitative estimate of drug-likeness (QED) is 0.220. The standard InChI is InChI=1S/C37H22N4O/c1-4-13-28-24(10-1)26-22-23(39-31-15-6-7-16-32(31)41-30-14-5-3-12-27(30)38-37(39)41)20-21-29(26)40(28)33-17-9-19-35-36(33)25-11-2-8-18-34(25)42-35/h1-22H. The van der Waals surface area contributed by atoms with Crippen LogP contribution in [0.4, 0.5) is 0 Å². The van der Waals surface area contributed by atoms with Crippen LogP contribution in [0.5, 0.6) is 0 Å². The fourth-order valence-electron chi connectivity index (χ4n) is 6.91. The fraction of sp³-hybridized carbons (Fsp3) is 0. The molecule has 4 aromatic heterocycles. The van der Waals surface area contributed by atoms with Crippen LogP contribution in [-0.4, -0.2) is 18.5 Å². The van der Waals surface area contributed by atoms with Crippen molar-refractivity contribution in [1.82, 2.24) is 18.5 Å². The number of rotatable bonds is 2. The molecule has 196 valence electrons. The van der Waals surface area contributed by atoms with E-state index in [0.717, 1.165) is 72.2 Å². The molecule has 0 amide bonds. The molecule has 10 rings (SSSR count). The highest BCUT2D eigenvalue weighted by Crippen LogP contribution is 2.39. The van der Waals surface area contributed by atoms with Crippen molar-refractivity contribution in [2.75, 3.05) is 0 Å². The molecule has 6 aromatic carbocycles. The number of benzene rings is 6. The van der Waals surface area contributed by atoms with E-state index in [0.29, 0.717) is 0 Å². The topological polar surface area (TPSA) is 40.3 Å². The van der Waals surface area contributed by atoms with Crippen molar-refractivity contribution in [2.45, 2.75) is 0 Å². The van der Waals surface area contributed by atoms with Crippen LogP contribution in [0.1, 0.15) is 0 Å². The molecule has 10 aromatic rings. The van der Waals surface area contributed by atoms with Crippen molar-refractivity contribution in [1.29, 1.82) is 0 Å². The summed E-state index contributed by atoms with van der Waals surface area (Å²) >= 11 is 0. The van der Waals surface area contributed by atoms with E-state index in [-0.39, 0.29) is 0 Å². The molecule has 0 aliphatic heterocycles. The maximum Gasteiger partial charge on any atom is 0.220 e. The molecule has 0 saturated heterocycles. The van der Waals surface area contributed by atoms with Crippen LogP contribution >= 0.6 is 0 Å². The Morgan fingerprint density at radius 3 is 2.07 bits per heavy atom. The number of furan rings is 1. The zero-order valence-corrected chi connectivity index (χ0v) is 22.4. The Morgan fingerprint density at radius 1 is 0.476 bits per heavy atom. The average molecular weight is 539 g/mol.